The third kappa shape index (κ3) is 4.02. The zero-order valence-electron chi connectivity index (χ0n) is 20.8. The van der Waals surface area contributed by atoms with Crippen molar-refractivity contribution in [3.05, 3.63) is 61.5 Å². The van der Waals surface area contributed by atoms with Crippen LogP contribution < -0.4 is 10.2 Å². The van der Waals surface area contributed by atoms with Crippen LogP contribution in [0.15, 0.2) is 61.5 Å². The molecule has 1 saturated heterocycles. The fourth-order valence-electron chi connectivity index (χ4n) is 5.53. The number of aromatic amines is 2. The third-order valence-electron chi connectivity index (χ3n) is 7.87. The molecule has 8 nitrogen and oxygen atoms in total. The molecule has 5 aromatic rings. The number of H-pyrrole nitrogens is 2. The van der Waals surface area contributed by atoms with Crippen molar-refractivity contribution < 1.29 is 0 Å². The normalized spacial score (nSPS) is 16.3. The number of allylic oxidation sites excluding steroid dienone is 1. The number of fused-ring (bicyclic) bond motifs is 2. The van der Waals surface area contributed by atoms with Gasteiger partial charge in [-0.3, -0.25) is 15.1 Å². The molecule has 1 saturated carbocycles. The lowest BCUT2D eigenvalue weighted by atomic mass is 9.83. The summed E-state index contributed by atoms with van der Waals surface area (Å²) in [6, 6.07) is 6.45. The van der Waals surface area contributed by atoms with Gasteiger partial charge in [-0.2, -0.15) is 5.10 Å². The molecule has 1 aliphatic heterocycles. The summed E-state index contributed by atoms with van der Waals surface area (Å²) in [7, 11) is 0. The molecule has 0 aromatic carbocycles. The number of rotatable bonds is 6. The maximum absolute atomic E-state index is 4.65. The van der Waals surface area contributed by atoms with Crippen molar-refractivity contribution in [2.45, 2.75) is 38.5 Å². The molecule has 0 spiro atoms. The molecule has 8 heteroatoms. The maximum Gasteiger partial charge on any atom is 0.181 e. The van der Waals surface area contributed by atoms with Crippen molar-refractivity contribution in [2.75, 3.05) is 23.3 Å². The molecule has 7 rings (SSSR count). The minimum atomic E-state index is 0.567. The van der Waals surface area contributed by atoms with E-state index in [-0.39, 0.29) is 0 Å². The van der Waals surface area contributed by atoms with Gasteiger partial charge in [-0.05, 0) is 56.2 Å². The smallest absolute Gasteiger partial charge is 0.181 e. The SMILES string of the molecule is C=C(Nc1cncc(-c2cnc3n[nH]c(-c4cc5c(N6CCCCC6)cncc5[nH]4)c3c2)c1)C1CCC1. The molecule has 3 N–H and O–H groups in total. The first-order valence-electron chi connectivity index (χ1n) is 13.2. The molecule has 37 heavy (non-hydrogen) atoms. The van der Waals surface area contributed by atoms with Crippen LogP contribution in [-0.4, -0.2) is 43.2 Å². The largest absolute Gasteiger partial charge is 0.370 e. The molecule has 186 valence electrons. The van der Waals surface area contributed by atoms with Crippen LogP contribution in [-0.2, 0) is 0 Å². The van der Waals surface area contributed by atoms with Gasteiger partial charge in [-0.25, -0.2) is 4.98 Å². The Hall–Kier alpha value is -4.20. The summed E-state index contributed by atoms with van der Waals surface area (Å²) >= 11 is 0. The minimum Gasteiger partial charge on any atom is -0.370 e. The summed E-state index contributed by atoms with van der Waals surface area (Å²) in [4.78, 5) is 19.7. The summed E-state index contributed by atoms with van der Waals surface area (Å²) in [6.45, 7) is 6.39. The van der Waals surface area contributed by atoms with E-state index in [1.807, 2.05) is 31.0 Å². The van der Waals surface area contributed by atoms with E-state index in [2.05, 4.69) is 65.1 Å². The molecule has 1 aliphatic carbocycles. The van der Waals surface area contributed by atoms with E-state index in [0.717, 1.165) is 57.9 Å². The van der Waals surface area contributed by atoms with Gasteiger partial charge in [-0.1, -0.05) is 13.0 Å². The van der Waals surface area contributed by atoms with Crippen molar-refractivity contribution in [1.29, 1.82) is 0 Å². The molecule has 2 fully saturated rings. The quantitative estimate of drug-likeness (QED) is 0.259. The predicted molar refractivity (Wildman–Crippen MR) is 148 cm³/mol. The molecular formula is C29H30N8. The number of nitrogens with zero attached hydrogens (tertiary/aromatic N) is 5. The van der Waals surface area contributed by atoms with Gasteiger partial charge in [0.05, 0.1) is 46.9 Å². The first-order chi connectivity index (χ1) is 18.2. The molecule has 0 atom stereocenters. The van der Waals surface area contributed by atoms with E-state index in [1.165, 1.54) is 49.6 Å². The Labute approximate surface area is 215 Å². The van der Waals surface area contributed by atoms with Crippen LogP contribution in [0.2, 0.25) is 0 Å². The van der Waals surface area contributed by atoms with E-state index in [4.69, 9.17) is 0 Å². The van der Waals surface area contributed by atoms with Crippen LogP contribution in [0.25, 0.3) is 44.5 Å². The van der Waals surface area contributed by atoms with E-state index < -0.39 is 0 Å². The first kappa shape index (κ1) is 22.0. The van der Waals surface area contributed by atoms with Gasteiger partial charge in [0.15, 0.2) is 5.65 Å². The van der Waals surface area contributed by atoms with Gasteiger partial charge in [0.2, 0.25) is 0 Å². The predicted octanol–water partition coefficient (Wildman–Crippen LogP) is 6.28. The molecule has 0 unspecified atom stereocenters. The standard InChI is InChI=1S/C29H30N8/c1-18(19-6-5-7-19)33-22-10-20(13-30-15-22)21-11-24-28(35-36-29(24)32-14-21)25-12-23-26(34-25)16-31-17-27(23)37-8-3-2-4-9-37/h10-17,19,33-34H,1-9H2,(H,32,35,36). The van der Waals surface area contributed by atoms with Crippen molar-refractivity contribution >= 4 is 33.3 Å². The Morgan fingerprint density at radius 1 is 0.892 bits per heavy atom. The number of piperidine rings is 1. The molecule has 2 aliphatic rings. The lowest BCUT2D eigenvalue weighted by Crippen LogP contribution is -2.29. The lowest BCUT2D eigenvalue weighted by molar-refractivity contribution is 0.371. The van der Waals surface area contributed by atoms with E-state index in [9.17, 15) is 0 Å². The van der Waals surface area contributed by atoms with Gasteiger partial charge in [0.1, 0.15) is 0 Å². The van der Waals surface area contributed by atoms with Crippen molar-refractivity contribution in [1.82, 2.24) is 30.1 Å². The van der Waals surface area contributed by atoms with Crippen LogP contribution >= 0.6 is 0 Å². The summed E-state index contributed by atoms with van der Waals surface area (Å²) in [5.74, 6) is 0.567. The monoisotopic (exact) mass is 490 g/mol. The number of hydrogen-bond donors (Lipinski definition) is 3. The molecule has 5 aromatic heterocycles. The highest BCUT2D eigenvalue weighted by Crippen LogP contribution is 2.36. The highest BCUT2D eigenvalue weighted by Gasteiger charge is 2.21. The zero-order chi connectivity index (χ0) is 24.8. The average molecular weight is 491 g/mol. The molecular weight excluding hydrogens is 460 g/mol. The number of pyridine rings is 3. The topological polar surface area (TPSA) is 98.4 Å². The second kappa shape index (κ2) is 9.03. The van der Waals surface area contributed by atoms with E-state index in [0.29, 0.717) is 11.6 Å². The molecule has 0 amide bonds. The molecule has 0 radical (unpaired) electrons. The summed E-state index contributed by atoms with van der Waals surface area (Å²) in [5, 5.41) is 13.3. The summed E-state index contributed by atoms with van der Waals surface area (Å²) in [6.07, 6.45) is 16.9. The van der Waals surface area contributed by atoms with Gasteiger partial charge >= 0.3 is 0 Å². The minimum absolute atomic E-state index is 0.567. The van der Waals surface area contributed by atoms with Crippen LogP contribution in [0.1, 0.15) is 38.5 Å². The fraction of sp³-hybridized carbons (Fsp3) is 0.310. The van der Waals surface area contributed by atoms with Gasteiger partial charge in [0.25, 0.3) is 0 Å². The van der Waals surface area contributed by atoms with Crippen LogP contribution in [0.3, 0.4) is 0 Å². The molecule has 6 heterocycles. The Morgan fingerprint density at radius 3 is 2.57 bits per heavy atom. The van der Waals surface area contributed by atoms with Gasteiger partial charge in [0, 0.05) is 53.1 Å². The number of anilines is 2. The number of aromatic nitrogens is 6. The van der Waals surface area contributed by atoms with Crippen molar-refractivity contribution in [2.24, 2.45) is 5.92 Å². The summed E-state index contributed by atoms with van der Waals surface area (Å²) < 4.78 is 0. The van der Waals surface area contributed by atoms with Crippen molar-refractivity contribution in [3.8, 4) is 22.5 Å². The number of nitrogens with one attached hydrogen (secondary N) is 3. The lowest BCUT2D eigenvalue weighted by Gasteiger charge is -2.28. The van der Waals surface area contributed by atoms with Crippen LogP contribution in [0, 0.1) is 5.92 Å². The second-order valence-corrected chi connectivity index (χ2v) is 10.3. The van der Waals surface area contributed by atoms with Crippen LogP contribution in [0.4, 0.5) is 11.4 Å². The maximum atomic E-state index is 4.65. The highest BCUT2D eigenvalue weighted by atomic mass is 15.2. The van der Waals surface area contributed by atoms with E-state index in [1.54, 1.807) is 0 Å². The summed E-state index contributed by atoms with van der Waals surface area (Å²) in [5.41, 5.74) is 8.84. The second-order valence-electron chi connectivity index (χ2n) is 10.3. The Kier molecular flexibility index (Phi) is 5.38. The Morgan fingerprint density at radius 2 is 1.73 bits per heavy atom. The first-order valence-corrected chi connectivity index (χ1v) is 13.2. The third-order valence-corrected chi connectivity index (χ3v) is 7.87. The fourth-order valence-corrected chi connectivity index (χ4v) is 5.53. The zero-order valence-corrected chi connectivity index (χ0v) is 20.8. The van der Waals surface area contributed by atoms with Gasteiger partial charge in [-0.15, -0.1) is 0 Å². The average Bonchev–Trinajstić information content (AvgIpc) is 3.52. The van der Waals surface area contributed by atoms with Crippen LogP contribution in [0.5, 0.6) is 0 Å². The van der Waals surface area contributed by atoms with Gasteiger partial charge < -0.3 is 15.2 Å². The Bertz CT molecular complexity index is 1600. The Balaban J connectivity index is 1.23. The molecule has 0 bridgehead atoms. The highest BCUT2D eigenvalue weighted by molar-refractivity contribution is 5.99. The van der Waals surface area contributed by atoms with E-state index >= 15 is 0 Å². The number of hydrogen-bond acceptors (Lipinski definition) is 6. The van der Waals surface area contributed by atoms with Crippen molar-refractivity contribution in [3.63, 3.8) is 0 Å².